The fourth-order valence-electron chi connectivity index (χ4n) is 3.78. The summed E-state index contributed by atoms with van der Waals surface area (Å²) in [7, 11) is 0. The van der Waals surface area contributed by atoms with Crippen LogP contribution in [0.3, 0.4) is 0 Å². The Labute approximate surface area is 194 Å². The molecule has 8 heteroatoms. The number of amides is 1. The van der Waals surface area contributed by atoms with E-state index in [9.17, 15) is 23.1 Å². The molecule has 0 radical (unpaired) electrons. The van der Waals surface area contributed by atoms with Gasteiger partial charge in [0.1, 0.15) is 17.8 Å². The molecule has 1 aromatic heterocycles. The van der Waals surface area contributed by atoms with E-state index in [2.05, 4.69) is 15.3 Å². The number of aliphatic imine (C=N–C) groups is 1. The van der Waals surface area contributed by atoms with Gasteiger partial charge in [-0.05, 0) is 53.6 Å². The van der Waals surface area contributed by atoms with Crippen LogP contribution in [0.2, 0.25) is 0 Å². The molecule has 0 spiro atoms. The Kier molecular flexibility index (Phi) is 7.18. The highest BCUT2D eigenvalue weighted by molar-refractivity contribution is 6.19. The number of carbonyl (C=O) groups excluding carboxylic acids is 1. The molecule has 2 atom stereocenters. The molecule has 5 nitrogen and oxygen atoms in total. The summed E-state index contributed by atoms with van der Waals surface area (Å²) < 4.78 is 42.6. The first-order chi connectivity index (χ1) is 16.5. The van der Waals surface area contributed by atoms with Crippen LogP contribution in [0.15, 0.2) is 77.9 Å². The Hall–Kier alpha value is -3.78. The SMILES string of the molecule is O=C(N[C@@H](Cc1ccccn1)[C@H](F)CO)c1cccc(F)c1C1=NCC(c2ccc(F)cc2)=C1. The highest BCUT2D eigenvalue weighted by atomic mass is 19.1. The largest absolute Gasteiger partial charge is 0.393 e. The molecule has 1 amide bonds. The van der Waals surface area contributed by atoms with Gasteiger partial charge >= 0.3 is 0 Å². The van der Waals surface area contributed by atoms with Gasteiger partial charge in [0.25, 0.3) is 5.91 Å². The van der Waals surface area contributed by atoms with Gasteiger partial charge < -0.3 is 10.4 Å². The minimum absolute atomic E-state index is 0.00638. The van der Waals surface area contributed by atoms with E-state index in [0.717, 1.165) is 11.1 Å². The second kappa shape index (κ2) is 10.4. The van der Waals surface area contributed by atoms with Crippen LogP contribution >= 0.6 is 0 Å². The van der Waals surface area contributed by atoms with Crippen molar-refractivity contribution in [3.8, 4) is 0 Å². The van der Waals surface area contributed by atoms with E-state index in [4.69, 9.17) is 0 Å². The number of aliphatic hydroxyl groups excluding tert-OH is 1. The van der Waals surface area contributed by atoms with Crippen LogP contribution in [0.5, 0.6) is 0 Å². The van der Waals surface area contributed by atoms with E-state index in [1.54, 1.807) is 42.6 Å². The quantitative estimate of drug-likeness (QED) is 0.530. The van der Waals surface area contributed by atoms with E-state index in [-0.39, 0.29) is 35.6 Å². The van der Waals surface area contributed by atoms with Gasteiger partial charge in [-0.15, -0.1) is 0 Å². The van der Waals surface area contributed by atoms with Crippen LogP contribution in [0.1, 0.15) is 27.2 Å². The lowest BCUT2D eigenvalue weighted by molar-refractivity contribution is 0.0868. The maximum absolute atomic E-state index is 14.9. The fraction of sp³-hybridized carbons (Fsp3) is 0.192. The average Bonchev–Trinajstić information content (AvgIpc) is 3.33. The summed E-state index contributed by atoms with van der Waals surface area (Å²) in [6.45, 7) is -0.542. The smallest absolute Gasteiger partial charge is 0.252 e. The zero-order chi connectivity index (χ0) is 24.1. The van der Waals surface area contributed by atoms with Crippen molar-refractivity contribution < 1.29 is 23.1 Å². The molecule has 2 heterocycles. The second-order valence-corrected chi connectivity index (χ2v) is 7.84. The number of alkyl halides is 1. The van der Waals surface area contributed by atoms with Crippen molar-refractivity contribution in [1.82, 2.24) is 10.3 Å². The molecule has 3 aromatic rings. The van der Waals surface area contributed by atoms with Crippen molar-refractivity contribution in [1.29, 1.82) is 0 Å². The van der Waals surface area contributed by atoms with Gasteiger partial charge in [0.15, 0.2) is 0 Å². The molecule has 0 aliphatic carbocycles. The lowest BCUT2D eigenvalue weighted by Gasteiger charge is -2.22. The summed E-state index contributed by atoms with van der Waals surface area (Å²) in [6.07, 6.45) is 1.51. The number of halogens is 3. The van der Waals surface area contributed by atoms with Gasteiger partial charge in [-0.2, -0.15) is 0 Å². The van der Waals surface area contributed by atoms with Gasteiger partial charge in [-0.1, -0.05) is 24.3 Å². The average molecular weight is 465 g/mol. The molecule has 0 fully saturated rings. The number of hydrogen-bond donors (Lipinski definition) is 2. The molecular formula is C26H22F3N3O2. The Balaban J connectivity index is 1.60. The van der Waals surface area contributed by atoms with Crippen molar-refractivity contribution in [2.75, 3.05) is 13.2 Å². The number of rotatable bonds is 8. The summed E-state index contributed by atoms with van der Waals surface area (Å²) >= 11 is 0. The number of hydrogen-bond acceptors (Lipinski definition) is 4. The van der Waals surface area contributed by atoms with Crippen molar-refractivity contribution >= 4 is 17.2 Å². The molecule has 2 aromatic carbocycles. The number of allylic oxidation sites excluding steroid dienone is 1. The number of benzene rings is 2. The number of nitrogens with one attached hydrogen (secondary N) is 1. The standard InChI is InChI=1S/C26H22F3N3O2/c27-18-9-7-16(8-10-18)17-12-24(31-14-17)25-20(5-3-6-21(25)28)26(34)32-23(22(29)15-33)13-19-4-1-2-11-30-19/h1-12,22-23,33H,13-15H2,(H,32,34)/t22-,23+/m1/s1. The Morgan fingerprint density at radius 3 is 2.56 bits per heavy atom. The third kappa shape index (κ3) is 5.23. The minimum atomic E-state index is -1.74. The van der Waals surface area contributed by atoms with E-state index >= 15 is 0 Å². The lowest BCUT2D eigenvalue weighted by Crippen LogP contribution is -2.45. The zero-order valence-electron chi connectivity index (χ0n) is 18.1. The fourth-order valence-corrected chi connectivity index (χ4v) is 3.78. The summed E-state index contributed by atoms with van der Waals surface area (Å²) in [4.78, 5) is 21.6. The first-order valence-corrected chi connectivity index (χ1v) is 10.7. The van der Waals surface area contributed by atoms with Gasteiger partial charge in [-0.3, -0.25) is 14.8 Å². The molecule has 2 N–H and O–H groups in total. The van der Waals surface area contributed by atoms with Crippen molar-refractivity contribution in [2.24, 2.45) is 4.99 Å². The van der Waals surface area contributed by atoms with Gasteiger partial charge in [0.2, 0.25) is 0 Å². The number of aromatic nitrogens is 1. The Bertz CT molecular complexity index is 1230. The van der Waals surface area contributed by atoms with Gasteiger partial charge in [0, 0.05) is 23.9 Å². The molecule has 174 valence electrons. The minimum Gasteiger partial charge on any atom is -0.393 e. The van der Waals surface area contributed by atoms with Crippen LogP contribution < -0.4 is 5.32 Å². The molecule has 34 heavy (non-hydrogen) atoms. The highest BCUT2D eigenvalue weighted by Gasteiger charge is 2.27. The first-order valence-electron chi connectivity index (χ1n) is 10.7. The van der Waals surface area contributed by atoms with E-state index in [1.807, 2.05) is 0 Å². The van der Waals surface area contributed by atoms with E-state index in [0.29, 0.717) is 5.69 Å². The predicted molar refractivity (Wildman–Crippen MR) is 123 cm³/mol. The molecule has 1 aliphatic rings. The zero-order valence-corrected chi connectivity index (χ0v) is 18.1. The molecule has 0 unspecified atom stereocenters. The van der Waals surface area contributed by atoms with Crippen LogP contribution in [0, 0.1) is 11.6 Å². The van der Waals surface area contributed by atoms with Crippen LogP contribution in [-0.4, -0.2) is 47.1 Å². The van der Waals surface area contributed by atoms with Gasteiger partial charge in [-0.25, -0.2) is 13.2 Å². The Morgan fingerprint density at radius 2 is 1.85 bits per heavy atom. The number of nitrogens with zero attached hydrogens (tertiary/aromatic N) is 2. The Morgan fingerprint density at radius 1 is 1.06 bits per heavy atom. The topological polar surface area (TPSA) is 74.6 Å². The molecule has 0 bridgehead atoms. The number of carbonyl (C=O) groups is 1. The van der Waals surface area contributed by atoms with Crippen LogP contribution in [-0.2, 0) is 6.42 Å². The van der Waals surface area contributed by atoms with E-state index in [1.165, 1.54) is 30.3 Å². The van der Waals surface area contributed by atoms with Crippen molar-refractivity contribution in [3.05, 3.63) is 107 Å². The molecule has 4 rings (SSSR count). The summed E-state index contributed by atoms with van der Waals surface area (Å²) in [6, 6.07) is 14.0. The summed E-state index contributed by atoms with van der Waals surface area (Å²) in [5.74, 6) is -1.72. The number of pyridine rings is 1. The van der Waals surface area contributed by atoms with Gasteiger partial charge in [0.05, 0.1) is 30.5 Å². The van der Waals surface area contributed by atoms with Crippen molar-refractivity contribution in [2.45, 2.75) is 18.6 Å². The monoisotopic (exact) mass is 465 g/mol. The molecule has 0 saturated heterocycles. The predicted octanol–water partition coefficient (Wildman–Crippen LogP) is 3.92. The third-order valence-corrected chi connectivity index (χ3v) is 5.54. The van der Waals surface area contributed by atoms with Crippen LogP contribution in [0.25, 0.3) is 5.57 Å². The molecular weight excluding hydrogens is 443 g/mol. The third-order valence-electron chi connectivity index (χ3n) is 5.54. The highest BCUT2D eigenvalue weighted by Crippen LogP contribution is 2.25. The molecule has 1 aliphatic heterocycles. The first kappa shape index (κ1) is 23.4. The summed E-state index contributed by atoms with van der Waals surface area (Å²) in [5, 5.41) is 11.9. The van der Waals surface area contributed by atoms with Crippen LogP contribution in [0.4, 0.5) is 13.2 Å². The maximum atomic E-state index is 14.9. The molecule has 0 saturated carbocycles. The van der Waals surface area contributed by atoms with E-state index < -0.39 is 30.5 Å². The maximum Gasteiger partial charge on any atom is 0.252 e. The second-order valence-electron chi connectivity index (χ2n) is 7.84. The normalized spacial score (nSPS) is 14.8. The lowest BCUT2D eigenvalue weighted by atomic mass is 9.98. The number of aliphatic hydroxyl groups is 1. The van der Waals surface area contributed by atoms with Crippen molar-refractivity contribution in [3.63, 3.8) is 0 Å². The summed E-state index contributed by atoms with van der Waals surface area (Å²) in [5.41, 5.74) is 2.28.